The van der Waals surface area contributed by atoms with Gasteiger partial charge < -0.3 is 9.26 Å². The lowest BCUT2D eigenvalue weighted by Gasteiger charge is -2.08. The summed E-state index contributed by atoms with van der Waals surface area (Å²) in [6, 6.07) is 0. The zero-order valence-corrected chi connectivity index (χ0v) is 7.66. The Morgan fingerprint density at radius 2 is 2.14 bits per heavy atom. The van der Waals surface area contributed by atoms with Gasteiger partial charge in [-0.3, -0.25) is 9.59 Å². The summed E-state index contributed by atoms with van der Waals surface area (Å²) < 4.78 is 9.55. The van der Waals surface area contributed by atoms with E-state index in [0.717, 1.165) is 6.08 Å². The number of ether oxygens (including phenoxy) is 1. The van der Waals surface area contributed by atoms with E-state index in [1.54, 1.807) is 6.92 Å². The molecule has 0 spiro atoms. The molecule has 72 valence electrons. The zero-order valence-electron chi connectivity index (χ0n) is 7.66. The number of ketones is 2. The number of hydrogen-bond donors (Lipinski definition) is 0. The molecule has 0 radical (unpaired) electrons. The molecule has 0 aliphatic heterocycles. The van der Waals surface area contributed by atoms with E-state index in [1.165, 1.54) is 7.11 Å². The minimum atomic E-state index is -0.367. The minimum absolute atomic E-state index is 0.0220. The molecule has 1 heterocycles. The van der Waals surface area contributed by atoms with Crippen LogP contribution in [0.25, 0.3) is 0 Å². The number of aryl methyl sites for hydroxylation is 1. The number of aromatic nitrogens is 1. The summed E-state index contributed by atoms with van der Waals surface area (Å²) in [4.78, 5) is 23.0. The topological polar surface area (TPSA) is 69.4 Å². The minimum Gasteiger partial charge on any atom is -0.492 e. The van der Waals surface area contributed by atoms with E-state index in [0.29, 0.717) is 5.76 Å². The third-order valence-electron chi connectivity index (χ3n) is 2.03. The lowest BCUT2D eigenvalue weighted by Crippen LogP contribution is -2.17. The van der Waals surface area contributed by atoms with Crippen molar-refractivity contribution in [1.29, 1.82) is 0 Å². The van der Waals surface area contributed by atoms with Crippen molar-refractivity contribution in [2.24, 2.45) is 0 Å². The summed E-state index contributed by atoms with van der Waals surface area (Å²) in [5.41, 5.74) is 0.266. The van der Waals surface area contributed by atoms with E-state index in [4.69, 9.17) is 9.26 Å². The first-order valence-corrected chi connectivity index (χ1v) is 3.96. The number of methoxy groups -OCH3 is 1. The van der Waals surface area contributed by atoms with Gasteiger partial charge in [-0.1, -0.05) is 5.16 Å². The summed E-state index contributed by atoms with van der Waals surface area (Å²) in [5, 5.41) is 3.51. The molecule has 0 atom stereocenters. The third-order valence-corrected chi connectivity index (χ3v) is 2.03. The summed E-state index contributed by atoms with van der Waals surface area (Å²) >= 11 is 0. The molecule has 0 saturated heterocycles. The van der Waals surface area contributed by atoms with Crippen LogP contribution in [0.5, 0.6) is 0 Å². The average molecular weight is 193 g/mol. The summed E-state index contributed by atoms with van der Waals surface area (Å²) in [6.45, 7) is 1.58. The van der Waals surface area contributed by atoms with Crippen molar-refractivity contribution >= 4 is 11.6 Å². The molecule has 0 unspecified atom stereocenters. The molecule has 5 nitrogen and oxygen atoms in total. The Morgan fingerprint density at radius 1 is 1.43 bits per heavy atom. The molecular formula is C9H7NO4. The highest BCUT2D eigenvalue weighted by Crippen LogP contribution is 2.23. The number of carbonyl (C=O) groups excluding carboxylic acids is 2. The Labute approximate surface area is 79.3 Å². The molecule has 1 aromatic heterocycles. The van der Waals surface area contributed by atoms with E-state index in [9.17, 15) is 9.59 Å². The van der Waals surface area contributed by atoms with Gasteiger partial charge in [0.15, 0.2) is 11.5 Å². The molecule has 2 rings (SSSR count). The molecule has 0 fully saturated rings. The molecule has 5 heteroatoms. The lowest BCUT2D eigenvalue weighted by atomic mass is 9.99. The summed E-state index contributed by atoms with van der Waals surface area (Å²) in [5.74, 6) is -0.371. The van der Waals surface area contributed by atoms with E-state index in [1.807, 2.05) is 0 Å². The molecule has 0 bridgehead atoms. The van der Waals surface area contributed by atoms with Gasteiger partial charge >= 0.3 is 0 Å². The van der Waals surface area contributed by atoms with Crippen LogP contribution in [0.3, 0.4) is 0 Å². The first-order chi connectivity index (χ1) is 6.65. The van der Waals surface area contributed by atoms with Crippen LogP contribution in [0.2, 0.25) is 0 Å². The van der Waals surface area contributed by atoms with Crippen LogP contribution in [-0.4, -0.2) is 23.8 Å². The van der Waals surface area contributed by atoms with Crippen molar-refractivity contribution in [3.8, 4) is 0 Å². The van der Waals surface area contributed by atoms with Gasteiger partial charge in [-0.15, -0.1) is 0 Å². The van der Waals surface area contributed by atoms with Gasteiger partial charge in [0.1, 0.15) is 5.76 Å². The van der Waals surface area contributed by atoms with Gasteiger partial charge in [0.25, 0.3) is 0 Å². The Hall–Kier alpha value is -1.91. The van der Waals surface area contributed by atoms with Crippen LogP contribution in [0.1, 0.15) is 26.6 Å². The number of rotatable bonds is 1. The number of carbonyl (C=O) groups is 2. The molecule has 0 saturated carbocycles. The molecular weight excluding hydrogens is 186 g/mol. The summed E-state index contributed by atoms with van der Waals surface area (Å²) in [7, 11) is 1.34. The predicted molar refractivity (Wildman–Crippen MR) is 45.0 cm³/mol. The lowest BCUT2D eigenvalue weighted by molar-refractivity contribution is 0.0915. The number of hydrogen-bond acceptors (Lipinski definition) is 5. The van der Waals surface area contributed by atoms with E-state index < -0.39 is 0 Å². The highest BCUT2D eigenvalue weighted by molar-refractivity contribution is 6.23. The van der Waals surface area contributed by atoms with Gasteiger partial charge in [0, 0.05) is 6.08 Å². The first-order valence-electron chi connectivity index (χ1n) is 3.96. The standard InChI is InChI=1S/C9H7NO4/c1-4-7-8(10-14-4)5(11)3-6(13-2)9(7)12/h3H,1-2H3. The highest BCUT2D eigenvalue weighted by Gasteiger charge is 2.32. The number of fused-ring (bicyclic) bond motifs is 1. The Kier molecular flexibility index (Phi) is 1.73. The largest absolute Gasteiger partial charge is 0.492 e. The van der Waals surface area contributed by atoms with Gasteiger partial charge in [-0.05, 0) is 6.92 Å². The fourth-order valence-electron chi connectivity index (χ4n) is 1.34. The second-order valence-electron chi connectivity index (χ2n) is 2.87. The summed E-state index contributed by atoms with van der Waals surface area (Å²) in [6.07, 6.45) is 1.12. The molecule has 0 aromatic carbocycles. The fraction of sp³-hybridized carbons (Fsp3) is 0.222. The smallest absolute Gasteiger partial charge is 0.233 e. The van der Waals surface area contributed by atoms with Gasteiger partial charge in [0.05, 0.1) is 12.7 Å². The molecule has 1 aromatic rings. The zero-order chi connectivity index (χ0) is 10.3. The SMILES string of the molecule is COC1=CC(=O)c2noc(C)c2C1=O. The van der Waals surface area contributed by atoms with Crippen LogP contribution >= 0.6 is 0 Å². The molecule has 0 amide bonds. The number of Topliss-reactive ketones (excluding diaryl/α,β-unsaturated/α-hetero) is 1. The molecule has 1 aliphatic rings. The molecule has 14 heavy (non-hydrogen) atoms. The van der Waals surface area contributed by atoms with Crippen LogP contribution < -0.4 is 0 Å². The van der Waals surface area contributed by atoms with E-state index in [-0.39, 0.29) is 28.6 Å². The molecule has 1 aliphatic carbocycles. The fourth-order valence-corrected chi connectivity index (χ4v) is 1.34. The van der Waals surface area contributed by atoms with Crippen LogP contribution in [0.4, 0.5) is 0 Å². The maximum absolute atomic E-state index is 11.6. The van der Waals surface area contributed by atoms with Crippen molar-refractivity contribution in [1.82, 2.24) is 5.16 Å². The third kappa shape index (κ3) is 0.985. The van der Waals surface area contributed by atoms with Gasteiger partial charge in [-0.25, -0.2) is 0 Å². The van der Waals surface area contributed by atoms with Crippen molar-refractivity contribution < 1.29 is 18.8 Å². The second kappa shape index (κ2) is 2.80. The monoisotopic (exact) mass is 193 g/mol. The first kappa shape index (κ1) is 8.68. The number of allylic oxidation sites excluding steroid dienone is 2. The van der Waals surface area contributed by atoms with Gasteiger partial charge in [-0.2, -0.15) is 0 Å². The quantitative estimate of drug-likeness (QED) is 0.662. The maximum atomic E-state index is 11.6. The predicted octanol–water partition coefficient (Wildman–Crippen LogP) is 0.892. The Balaban J connectivity index is 2.63. The van der Waals surface area contributed by atoms with Crippen molar-refractivity contribution in [3.05, 3.63) is 28.9 Å². The average Bonchev–Trinajstić information content (AvgIpc) is 2.54. The van der Waals surface area contributed by atoms with Crippen LogP contribution in [0, 0.1) is 6.92 Å². The van der Waals surface area contributed by atoms with Crippen molar-refractivity contribution in [2.45, 2.75) is 6.92 Å². The highest BCUT2D eigenvalue weighted by atomic mass is 16.5. The Bertz CT molecular complexity index is 455. The second-order valence-corrected chi connectivity index (χ2v) is 2.87. The van der Waals surface area contributed by atoms with Crippen LogP contribution in [0.15, 0.2) is 16.4 Å². The van der Waals surface area contributed by atoms with Crippen molar-refractivity contribution in [3.63, 3.8) is 0 Å². The number of nitrogens with zero attached hydrogens (tertiary/aromatic N) is 1. The normalized spacial score (nSPS) is 15.1. The van der Waals surface area contributed by atoms with E-state index in [2.05, 4.69) is 5.16 Å². The van der Waals surface area contributed by atoms with Crippen molar-refractivity contribution in [2.75, 3.05) is 7.11 Å². The maximum Gasteiger partial charge on any atom is 0.233 e. The van der Waals surface area contributed by atoms with Crippen LogP contribution in [-0.2, 0) is 4.74 Å². The molecule has 0 N–H and O–H groups in total. The van der Waals surface area contributed by atoms with Gasteiger partial charge in [0.2, 0.25) is 11.6 Å². The Morgan fingerprint density at radius 3 is 2.79 bits per heavy atom. The van der Waals surface area contributed by atoms with E-state index >= 15 is 0 Å².